The molecular weight excluding hydrogens is 104 g/mol. The Bertz CT molecular complexity index is 64.9. The molecule has 8 heavy (non-hydrogen) atoms. The number of hydrogen-bond acceptors (Lipinski definition) is 2. The Balaban J connectivity index is 1.87. The molecule has 2 heteroatoms. The van der Waals surface area contributed by atoms with Crippen LogP contribution >= 0.6 is 0 Å². The number of ether oxygens (including phenoxy) is 2. The molecule has 0 N–H and O–H groups in total. The average Bonchev–Trinajstić information content (AvgIpc) is 2.41. The first kappa shape index (κ1) is 6.05. The largest absolute Gasteiger partial charge is 0.547 e. The van der Waals surface area contributed by atoms with Crippen LogP contribution in [-0.2, 0) is 9.47 Å². The van der Waals surface area contributed by atoms with E-state index in [9.17, 15) is 0 Å². The van der Waals surface area contributed by atoms with E-state index in [1.165, 1.54) is 0 Å². The minimum absolute atomic E-state index is 0.393. The van der Waals surface area contributed by atoms with Gasteiger partial charge in [0.05, 0.1) is 6.61 Å². The average molecular weight is 115 g/mol. The molecule has 1 unspecified atom stereocenters. The molecule has 0 amide bonds. The second kappa shape index (κ2) is 2.46. The summed E-state index contributed by atoms with van der Waals surface area (Å²) in [6, 6.07) is 0. The van der Waals surface area contributed by atoms with E-state index >= 15 is 0 Å². The minimum Gasteiger partial charge on any atom is -0.547 e. The molecule has 1 heterocycles. The van der Waals surface area contributed by atoms with Gasteiger partial charge in [-0.15, -0.1) is 0 Å². The van der Waals surface area contributed by atoms with Gasteiger partial charge in [-0.05, 0) is 0 Å². The van der Waals surface area contributed by atoms with Crippen LogP contribution in [0, 0.1) is 6.10 Å². The van der Waals surface area contributed by atoms with Gasteiger partial charge >= 0.3 is 0 Å². The monoisotopic (exact) mass is 115 g/mol. The molecule has 1 aliphatic heterocycles. The van der Waals surface area contributed by atoms with Crippen molar-refractivity contribution in [1.29, 1.82) is 0 Å². The summed E-state index contributed by atoms with van der Waals surface area (Å²) in [6.07, 6.45) is 1.41. The fourth-order valence-electron chi connectivity index (χ4n) is 0.424. The van der Waals surface area contributed by atoms with Crippen LogP contribution in [0.3, 0.4) is 0 Å². The van der Waals surface area contributed by atoms with E-state index in [2.05, 4.69) is 0 Å². The van der Waals surface area contributed by atoms with Gasteiger partial charge in [-0.3, -0.25) is 0 Å². The molecule has 0 spiro atoms. The number of rotatable bonds is 3. The van der Waals surface area contributed by atoms with Crippen molar-refractivity contribution in [2.75, 3.05) is 13.2 Å². The summed E-state index contributed by atoms with van der Waals surface area (Å²) in [5, 5.41) is 0. The Morgan fingerprint density at radius 1 is 1.75 bits per heavy atom. The third-order valence-corrected chi connectivity index (χ3v) is 0.960. The lowest BCUT2D eigenvalue weighted by Crippen LogP contribution is -2.01. The predicted octanol–water partition coefficient (Wildman–Crippen LogP) is 0.974. The van der Waals surface area contributed by atoms with Crippen molar-refractivity contribution in [3.8, 4) is 0 Å². The summed E-state index contributed by atoms with van der Waals surface area (Å²) in [4.78, 5) is 0. The van der Waals surface area contributed by atoms with E-state index in [0.717, 1.165) is 19.3 Å². The molecule has 1 saturated heterocycles. The standard InChI is InChI=1S/C6H11O2/c1-5(2)7-3-6-4-8-6/h6H,3-4H2,1-2H3/q-1. The van der Waals surface area contributed by atoms with Gasteiger partial charge in [0.2, 0.25) is 0 Å². The van der Waals surface area contributed by atoms with Crippen LogP contribution < -0.4 is 0 Å². The van der Waals surface area contributed by atoms with Crippen molar-refractivity contribution in [3.05, 3.63) is 6.10 Å². The van der Waals surface area contributed by atoms with Crippen LogP contribution in [0.15, 0.2) is 0 Å². The van der Waals surface area contributed by atoms with Crippen LogP contribution in [0.4, 0.5) is 0 Å². The van der Waals surface area contributed by atoms with Crippen LogP contribution in [0.5, 0.6) is 0 Å². The van der Waals surface area contributed by atoms with Crippen LogP contribution in [0.1, 0.15) is 13.8 Å². The Kier molecular flexibility index (Phi) is 1.86. The Labute approximate surface area is 49.8 Å². The summed E-state index contributed by atoms with van der Waals surface area (Å²) < 4.78 is 10.1. The van der Waals surface area contributed by atoms with E-state index in [-0.39, 0.29) is 0 Å². The molecule has 1 rings (SSSR count). The molecule has 48 valence electrons. The highest BCUT2D eigenvalue weighted by Crippen LogP contribution is 2.11. The summed E-state index contributed by atoms with van der Waals surface area (Å²) in [5.41, 5.74) is 0. The van der Waals surface area contributed by atoms with E-state index < -0.39 is 0 Å². The molecule has 2 nitrogen and oxygen atoms in total. The first-order chi connectivity index (χ1) is 3.79. The van der Waals surface area contributed by atoms with Crippen molar-refractivity contribution in [2.45, 2.75) is 20.0 Å². The van der Waals surface area contributed by atoms with E-state index in [1.54, 1.807) is 0 Å². The molecular formula is C6H11O2-. The number of epoxide rings is 1. The number of hydrogen-bond donors (Lipinski definition) is 0. The molecule has 1 aliphatic rings. The zero-order valence-corrected chi connectivity index (χ0v) is 5.31. The summed E-state index contributed by atoms with van der Waals surface area (Å²) in [7, 11) is 0. The molecule has 0 bridgehead atoms. The molecule has 1 fully saturated rings. The lowest BCUT2D eigenvalue weighted by molar-refractivity contribution is 0.136. The highest BCUT2D eigenvalue weighted by atomic mass is 16.6. The molecule has 0 aromatic rings. The van der Waals surface area contributed by atoms with Crippen LogP contribution in [0.2, 0.25) is 0 Å². The first-order valence-electron chi connectivity index (χ1n) is 2.83. The van der Waals surface area contributed by atoms with Crippen molar-refractivity contribution in [3.63, 3.8) is 0 Å². The second-order valence-corrected chi connectivity index (χ2v) is 2.17. The first-order valence-corrected chi connectivity index (χ1v) is 2.83. The highest BCUT2D eigenvalue weighted by molar-refractivity contribution is 4.71. The van der Waals surface area contributed by atoms with Gasteiger partial charge < -0.3 is 9.47 Å². The normalized spacial score (nSPS) is 26.6. The maximum absolute atomic E-state index is 5.16. The van der Waals surface area contributed by atoms with Gasteiger partial charge in [0.25, 0.3) is 0 Å². The van der Waals surface area contributed by atoms with Gasteiger partial charge in [-0.25, -0.2) is 6.10 Å². The van der Waals surface area contributed by atoms with E-state index in [0.29, 0.717) is 6.10 Å². The molecule has 0 saturated carbocycles. The van der Waals surface area contributed by atoms with E-state index in [1.807, 2.05) is 13.8 Å². The van der Waals surface area contributed by atoms with Crippen molar-refractivity contribution >= 4 is 0 Å². The maximum Gasteiger partial charge on any atom is 0.101 e. The van der Waals surface area contributed by atoms with Crippen molar-refractivity contribution in [2.24, 2.45) is 0 Å². The molecule has 0 aromatic carbocycles. The minimum atomic E-state index is 0.393. The zero-order valence-electron chi connectivity index (χ0n) is 5.31. The van der Waals surface area contributed by atoms with Crippen molar-refractivity contribution in [1.82, 2.24) is 0 Å². The fourth-order valence-corrected chi connectivity index (χ4v) is 0.424. The van der Waals surface area contributed by atoms with E-state index in [4.69, 9.17) is 9.47 Å². The quantitative estimate of drug-likeness (QED) is 0.404. The fraction of sp³-hybridized carbons (Fsp3) is 0.833. The second-order valence-electron chi connectivity index (χ2n) is 2.17. The lowest BCUT2D eigenvalue weighted by atomic mass is 10.4. The van der Waals surface area contributed by atoms with Crippen LogP contribution in [-0.4, -0.2) is 19.3 Å². The summed E-state index contributed by atoms with van der Waals surface area (Å²) in [5.74, 6) is 0. The topological polar surface area (TPSA) is 21.8 Å². The van der Waals surface area contributed by atoms with Gasteiger partial charge in [-0.2, -0.15) is 13.8 Å². The molecule has 0 aliphatic carbocycles. The Morgan fingerprint density at radius 2 is 2.38 bits per heavy atom. The Hall–Kier alpha value is -0.0800. The van der Waals surface area contributed by atoms with Gasteiger partial charge in [0.15, 0.2) is 0 Å². The molecule has 1 atom stereocenters. The Morgan fingerprint density at radius 3 is 2.75 bits per heavy atom. The molecule has 0 radical (unpaired) electrons. The third-order valence-electron chi connectivity index (χ3n) is 0.960. The zero-order chi connectivity index (χ0) is 5.98. The SMILES string of the molecule is C[C-](C)OCC1CO1. The molecule has 0 aromatic heterocycles. The lowest BCUT2D eigenvalue weighted by Gasteiger charge is -2.18. The van der Waals surface area contributed by atoms with Gasteiger partial charge in [0.1, 0.15) is 6.10 Å². The highest BCUT2D eigenvalue weighted by Gasteiger charge is 2.20. The summed E-state index contributed by atoms with van der Waals surface area (Å²) >= 11 is 0. The smallest absolute Gasteiger partial charge is 0.101 e. The third kappa shape index (κ3) is 2.28. The summed E-state index contributed by atoms with van der Waals surface area (Å²) in [6.45, 7) is 5.51. The predicted molar refractivity (Wildman–Crippen MR) is 30.3 cm³/mol. The van der Waals surface area contributed by atoms with Gasteiger partial charge in [-0.1, -0.05) is 0 Å². The van der Waals surface area contributed by atoms with Crippen molar-refractivity contribution < 1.29 is 9.47 Å². The van der Waals surface area contributed by atoms with Gasteiger partial charge in [0, 0.05) is 6.61 Å². The maximum atomic E-state index is 5.16. The van der Waals surface area contributed by atoms with Crippen LogP contribution in [0.25, 0.3) is 0 Å².